The monoisotopic (exact) mass is 249 g/mol. The molecule has 0 amide bonds. The first kappa shape index (κ1) is 13.4. The van der Waals surface area contributed by atoms with Crippen LogP contribution in [-0.4, -0.2) is 26.4 Å². The van der Waals surface area contributed by atoms with Gasteiger partial charge in [-0.15, -0.1) is 0 Å². The third-order valence-electron chi connectivity index (χ3n) is 3.34. The lowest BCUT2D eigenvalue weighted by atomic mass is 9.92. The van der Waals surface area contributed by atoms with E-state index in [0.29, 0.717) is 12.0 Å². The van der Waals surface area contributed by atoms with Crippen molar-refractivity contribution in [2.75, 3.05) is 20.3 Å². The van der Waals surface area contributed by atoms with E-state index < -0.39 is 0 Å². The van der Waals surface area contributed by atoms with Crippen LogP contribution in [0.15, 0.2) is 24.3 Å². The highest BCUT2D eigenvalue weighted by molar-refractivity contribution is 5.31. The molecule has 18 heavy (non-hydrogen) atoms. The number of hydrogen-bond acceptors (Lipinski definition) is 3. The summed E-state index contributed by atoms with van der Waals surface area (Å²) in [7, 11) is 2.01. The summed E-state index contributed by atoms with van der Waals surface area (Å²) in [6, 6.07) is 8.73. The number of nitrogens with one attached hydrogen (secondary N) is 1. The van der Waals surface area contributed by atoms with Crippen molar-refractivity contribution in [2.24, 2.45) is 5.92 Å². The molecule has 1 saturated heterocycles. The summed E-state index contributed by atoms with van der Waals surface area (Å²) in [5.74, 6) is 1.51. The fourth-order valence-electron chi connectivity index (χ4n) is 2.54. The van der Waals surface area contributed by atoms with Crippen molar-refractivity contribution >= 4 is 0 Å². The van der Waals surface area contributed by atoms with Gasteiger partial charge in [0.15, 0.2) is 0 Å². The van der Waals surface area contributed by atoms with Crippen LogP contribution in [0.1, 0.15) is 31.9 Å². The van der Waals surface area contributed by atoms with E-state index in [9.17, 15) is 0 Å². The minimum absolute atomic E-state index is 0.211. The van der Waals surface area contributed by atoms with Crippen molar-refractivity contribution in [1.82, 2.24) is 5.32 Å². The van der Waals surface area contributed by atoms with Gasteiger partial charge in [0.25, 0.3) is 0 Å². The van der Waals surface area contributed by atoms with Crippen molar-refractivity contribution < 1.29 is 9.47 Å². The highest BCUT2D eigenvalue weighted by Gasteiger charge is 2.26. The fraction of sp³-hybridized carbons (Fsp3) is 0.600. The second-order valence-corrected chi connectivity index (χ2v) is 5.13. The standard InChI is InChI=1S/C15H23NO2/c1-11(2)18-14-6-4-5-12(9-14)15(16-3)13-7-8-17-10-13/h4-6,9,11,13,15-16H,7-8,10H2,1-3H3. The molecule has 100 valence electrons. The molecule has 1 aliphatic rings. The maximum Gasteiger partial charge on any atom is 0.120 e. The average molecular weight is 249 g/mol. The van der Waals surface area contributed by atoms with Crippen LogP contribution in [0.2, 0.25) is 0 Å². The zero-order valence-corrected chi connectivity index (χ0v) is 11.5. The molecule has 1 aromatic rings. The van der Waals surface area contributed by atoms with Gasteiger partial charge in [-0.05, 0) is 45.0 Å². The van der Waals surface area contributed by atoms with E-state index in [1.54, 1.807) is 0 Å². The molecule has 0 spiro atoms. The second-order valence-electron chi connectivity index (χ2n) is 5.13. The summed E-state index contributed by atoms with van der Waals surface area (Å²) >= 11 is 0. The second kappa shape index (κ2) is 6.21. The van der Waals surface area contributed by atoms with Crippen LogP contribution in [-0.2, 0) is 4.74 Å². The Morgan fingerprint density at radius 2 is 2.22 bits per heavy atom. The maximum atomic E-state index is 5.75. The molecule has 0 saturated carbocycles. The smallest absolute Gasteiger partial charge is 0.120 e. The Hall–Kier alpha value is -1.06. The molecular weight excluding hydrogens is 226 g/mol. The zero-order chi connectivity index (χ0) is 13.0. The fourth-order valence-corrected chi connectivity index (χ4v) is 2.54. The summed E-state index contributed by atoms with van der Waals surface area (Å²) in [6.07, 6.45) is 1.34. The summed E-state index contributed by atoms with van der Waals surface area (Å²) in [4.78, 5) is 0. The third-order valence-corrected chi connectivity index (χ3v) is 3.34. The van der Waals surface area contributed by atoms with Crippen LogP contribution < -0.4 is 10.1 Å². The van der Waals surface area contributed by atoms with Crippen LogP contribution in [0.5, 0.6) is 5.75 Å². The van der Waals surface area contributed by atoms with Crippen LogP contribution in [0, 0.1) is 5.92 Å². The molecule has 0 aliphatic carbocycles. The SMILES string of the molecule is CNC(c1cccc(OC(C)C)c1)C1CCOC1. The highest BCUT2D eigenvalue weighted by Crippen LogP contribution is 2.30. The van der Waals surface area contributed by atoms with Gasteiger partial charge >= 0.3 is 0 Å². The summed E-state index contributed by atoms with van der Waals surface area (Å²) < 4.78 is 11.2. The zero-order valence-electron chi connectivity index (χ0n) is 11.5. The highest BCUT2D eigenvalue weighted by atomic mass is 16.5. The van der Waals surface area contributed by atoms with E-state index in [0.717, 1.165) is 25.4 Å². The van der Waals surface area contributed by atoms with Gasteiger partial charge in [-0.25, -0.2) is 0 Å². The topological polar surface area (TPSA) is 30.5 Å². The molecule has 0 bridgehead atoms. The molecule has 3 heteroatoms. The Morgan fingerprint density at radius 3 is 2.83 bits per heavy atom. The van der Waals surface area contributed by atoms with E-state index >= 15 is 0 Å². The largest absolute Gasteiger partial charge is 0.491 e. The van der Waals surface area contributed by atoms with Gasteiger partial charge in [-0.1, -0.05) is 12.1 Å². The first-order chi connectivity index (χ1) is 8.70. The van der Waals surface area contributed by atoms with E-state index in [-0.39, 0.29) is 6.10 Å². The predicted molar refractivity (Wildman–Crippen MR) is 72.9 cm³/mol. The van der Waals surface area contributed by atoms with Crippen molar-refractivity contribution in [2.45, 2.75) is 32.4 Å². The number of ether oxygens (including phenoxy) is 2. The van der Waals surface area contributed by atoms with Crippen LogP contribution in [0.3, 0.4) is 0 Å². The summed E-state index contributed by atoms with van der Waals surface area (Å²) in [5.41, 5.74) is 1.28. The Kier molecular flexibility index (Phi) is 4.61. The van der Waals surface area contributed by atoms with Crippen LogP contribution in [0.4, 0.5) is 0 Å². The molecule has 2 atom stereocenters. The first-order valence-electron chi connectivity index (χ1n) is 6.72. The Balaban J connectivity index is 2.14. The number of hydrogen-bond donors (Lipinski definition) is 1. The molecule has 1 N–H and O–H groups in total. The maximum absolute atomic E-state index is 5.75. The van der Waals surface area contributed by atoms with Crippen molar-refractivity contribution in [3.63, 3.8) is 0 Å². The van der Waals surface area contributed by atoms with Crippen molar-refractivity contribution in [3.8, 4) is 5.75 Å². The minimum atomic E-state index is 0.211. The van der Waals surface area contributed by atoms with E-state index in [4.69, 9.17) is 9.47 Å². The molecule has 0 aromatic heterocycles. The van der Waals surface area contributed by atoms with Gasteiger partial charge in [0.2, 0.25) is 0 Å². The lowest BCUT2D eigenvalue weighted by Crippen LogP contribution is -2.25. The third kappa shape index (κ3) is 3.24. The molecule has 2 rings (SSSR count). The average Bonchev–Trinajstić information content (AvgIpc) is 2.83. The molecule has 3 nitrogen and oxygen atoms in total. The Labute approximate surface area is 109 Å². The van der Waals surface area contributed by atoms with Gasteiger partial charge in [-0.3, -0.25) is 0 Å². The van der Waals surface area contributed by atoms with Crippen molar-refractivity contribution in [3.05, 3.63) is 29.8 Å². The minimum Gasteiger partial charge on any atom is -0.491 e. The van der Waals surface area contributed by atoms with Gasteiger partial charge in [0, 0.05) is 18.6 Å². The molecule has 1 heterocycles. The summed E-state index contributed by atoms with van der Waals surface area (Å²) in [5, 5.41) is 3.41. The number of benzene rings is 1. The molecule has 1 aliphatic heterocycles. The van der Waals surface area contributed by atoms with E-state index in [1.165, 1.54) is 5.56 Å². The Morgan fingerprint density at radius 1 is 1.39 bits per heavy atom. The molecule has 1 fully saturated rings. The summed E-state index contributed by atoms with van der Waals surface area (Å²) in [6.45, 7) is 5.83. The molecular formula is C15H23NO2. The van der Waals surface area contributed by atoms with Gasteiger partial charge in [0.05, 0.1) is 12.7 Å². The first-order valence-corrected chi connectivity index (χ1v) is 6.72. The van der Waals surface area contributed by atoms with Gasteiger partial charge in [-0.2, -0.15) is 0 Å². The number of rotatable bonds is 5. The lowest BCUT2D eigenvalue weighted by molar-refractivity contribution is 0.177. The van der Waals surface area contributed by atoms with Crippen LogP contribution in [0.25, 0.3) is 0 Å². The Bertz CT molecular complexity index is 373. The van der Waals surface area contributed by atoms with Crippen molar-refractivity contribution in [1.29, 1.82) is 0 Å². The predicted octanol–water partition coefficient (Wildman–Crippen LogP) is 2.77. The molecule has 0 radical (unpaired) electrons. The molecule has 1 aromatic carbocycles. The lowest BCUT2D eigenvalue weighted by Gasteiger charge is -2.23. The quantitative estimate of drug-likeness (QED) is 0.870. The van der Waals surface area contributed by atoms with Gasteiger partial charge in [0.1, 0.15) is 5.75 Å². The van der Waals surface area contributed by atoms with E-state index in [1.807, 2.05) is 27.0 Å². The van der Waals surface area contributed by atoms with E-state index in [2.05, 4.69) is 23.5 Å². The van der Waals surface area contributed by atoms with Crippen LogP contribution >= 0.6 is 0 Å². The molecule has 2 unspecified atom stereocenters. The van der Waals surface area contributed by atoms with Gasteiger partial charge < -0.3 is 14.8 Å². The normalized spacial score (nSPS) is 21.2.